The number of hydrogen-bond donors (Lipinski definition) is 1. The quantitative estimate of drug-likeness (QED) is 0.802. The van der Waals surface area contributed by atoms with Gasteiger partial charge in [0.2, 0.25) is 5.69 Å². The summed E-state index contributed by atoms with van der Waals surface area (Å²) in [4.78, 5) is 0. The molecule has 0 atom stereocenters. The minimum Gasteiger partial charge on any atom is -0.484 e. The first kappa shape index (κ1) is 10.3. The minimum absolute atomic E-state index is 0.185. The smallest absolute Gasteiger partial charge is 0.438 e. The second-order valence-electron chi connectivity index (χ2n) is 3.41. The van der Waals surface area contributed by atoms with Crippen LogP contribution in [0.15, 0.2) is 6.20 Å². The van der Waals surface area contributed by atoms with E-state index in [0.717, 1.165) is 4.68 Å². The van der Waals surface area contributed by atoms with Gasteiger partial charge in [-0.3, -0.25) is 4.68 Å². The zero-order chi connectivity index (χ0) is 11.1. The summed E-state index contributed by atoms with van der Waals surface area (Å²) in [5.74, 6) is -0.198. The Labute approximate surface area is 84.0 Å². The highest BCUT2D eigenvalue weighted by Gasteiger charge is 2.39. The van der Waals surface area contributed by atoms with Gasteiger partial charge >= 0.3 is 6.18 Å². The molecule has 0 unspecified atom stereocenters. The van der Waals surface area contributed by atoms with Crippen LogP contribution in [0.2, 0.25) is 0 Å². The van der Waals surface area contributed by atoms with Crippen LogP contribution in [-0.2, 0) is 13.2 Å². The second kappa shape index (κ2) is 3.41. The summed E-state index contributed by atoms with van der Waals surface area (Å²) in [6.07, 6.45) is -3.41. The van der Waals surface area contributed by atoms with Gasteiger partial charge in [0.1, 0.15) is 6.10 Å². The van der Waals surface area contributed by atoms with Crippen LogP contribution in [0.3, 0.4) is 0 Å². The van der Waals surface area contributed by atoms with E-state index in [1.807, 2.05) is 0 Å². The van der Waals surface area contributed by atoms with Crippen molar-refractivity contribution in [3.63, 3.8) is 0 Å². The Hall–Kier alpha value is -1.24. The molecule has 1 aromatic heterocycles. The number of hydrogen-bond acceptors (Lipinski definition) is 3. The zero-order valence-electron chi connectivity index (χ0n) is 8.01. The summed E-state index contributed by atoms with van der Waals surface area (Å²) in [6, 6.07) is 0. The fraction of sp³-hybridized carbons (Fsp3) is 0.625. The van der Waals surface area contributed by atoms with E-state index in [9.17, 15) is 13.2 Å². The summed E-state index contributed by atoms with van der Waals surface area (Å²) in [5.41, 5.74) is -0.961. The molecule has 1 aliphatic heterocycles. The second-order valence-corrected chi connectivity index (χ2v) is 3.41. The molecule has 0 bridgehead atoms. The monoisotopic (exact) mass is 221 g/mol. The largest absolute Gasteiger partial charge is 0.484 e. The lowest BCUT2D eigenvalue weighted by molar-refractivity contribution is -0.143. The fourth-order valence-electron chi connectivity index (χ4n) is 1.27. The lowest BCUT2D eigenvalue weighted by Gasteiger charge is -2.27. The molecule has 2 rings (SSSR count). The van der Waals surface area contributed by atoms with Gasteiger partial charge in [0.15, 0.2) is 5.75 Å². The molecule has 1 aliphatic rings. The molecule has 1 aromatic rings. The van der Waals surface area contributed by atoms with Crippen LogP contribution in [-0.4, -0.2) is 29.0 Å². The number of halogens is 3. The third-order valence-electron chi connectivity index (χ3n) is 2.10. The summed E-state index contributed by atoms with van der Waals surface area (Å²) in [6.45, 7) is 1.15. The van der Waals surface area contributed by atoms with Crippen LogP contribution in [0.25, 0.3) is 0 Å². The van der Waals surface area contributed by atoms with Gasteiger partial charge in [-0.25, -0.2) is 0 Å². The first-order chi connectivity index (χ1) is 6.97. The maximum Gasteiger partial charge on any atom is 0.438 e. The van der Waals surface area contributed by atoms with E-state index in [1.165, 1.54) is 13.2 Å². The van der Waals surface area contributed by atoms with Crippen LogP contribution in [0.4, 0.5) is 13.2 Å². The highest BCUT2D eigenvalue weighted by Crippen LogP contribution is 2.35. The Morgan fingerprint density at radius 2 is 2.20 bits per heavy atom. The number of rotatable bonds is 2. The van der Waals surface area contributed by atoms with E-state index in [-0.39, 0.29) is 11.9 Å². The molecule has 0 amide bonds. The van der Waals surface area contributed by atoms with Crippen molar-refractivity contribution in [1.29, 1.82) is 0 Å². The van der Waals surface area contributed by atoms with Gasteiger partial charge in [-0.1, -0.05) is 0 Å². The van der Waals surface area contributed by atoms with Gasteiger partial charge in [-0.05, 0) is 0 Å². The fourth-order valence-corrected chi connectivity index (χ4v) is 1.27. The number of ether oxygens (including phenoxy) is 1. The molecule has 2 heterocycles. The molecular weight excluding hydrogens is 211 g/mol. The summed E-state index contributed by atoms with van der Waals surface area (Å²) in [7, 11) is 1.43. The Bertz CT molecular complexity index is 357. The highest BCUT2D eigenvalue weighted by atomic mass is 19.4. The maximum atomic E-state index is 12.5. The Balaban J connectivity index is 2.20. The predicted molar refractivity (Wildman–Crippen MR) is 45.5 cm³/mol. The van der Waals surface area contributed by atoms with Crippen molar-refractivity contribution >= 4 is 0 Å². The van der Waals surface area contributed by atoms with Crippen LogP contribution in [0.1, 0.15) is 5.69 Å². The van der Waals surface area contributed by atoms with Crippen molar-refractivity contribution in [3.05, 3.63) is 11.9 Å². The van der Waals surface area contributed by atoms with Gasteiger partial charge in [0, 0.05) is 20.1 Å². The standard InChI is InChI=1S/C8H10F3N3O/c1-14-4-6(15-5-2-12-3-5)7(13-14)8(9,10)11/h4-5,12H,2-3H2,1H3. The Morgan fingerprint density at radius 1 is 1.53 bits per heavy atom. The molecule has 7 heteroatoms. The molecule has 1 saturated heterocycles. The van der Waals surface area contributed by atoms with Gasteiger partial charge in [-0.15, -0.1) is 0 Å². The third kappa shape index (κ3) is 2.06. The molecule has 1 fully saturated rings. The first-order valence-electron chi connectivity index (χ1n) is 4.45. The molecule has 15 heavy (non-hydrogen) atoms. The average Bonchev–Trinajstić information content (AvgIpc) is 2.38. The number of nitrogens with one attached hydrogen (secondary N) is 1. The normalized spacial score (nSPS) is 17.6. The maximum absolute atomic E-state index is 12.5. The molecule has 84 valence electrons. The summed E-state index contributed by atoms with van der Waals surface area (Å²) < 4.78 is 43.7. The van der Waals surface area contributed by atoms with Crippen molar-refractivity contribution in [3.8, 4) is 5.75 Å². The van der Waals surface area contributed by atoms with Crippen molar-refractivity contribution in [2.45, 2.75) is 12.3 Å². The van der Waals surface area contributed by atoms with Gasteiger partial charge in [0.25, 0.3) is 0 Å². The molecule has 0 spiro atoms. The molecule has 4 nitrogen and oxygen atoms in total. The third-order valence-corrected chi connectivity index (χ3v) is 2.10. The van der Waals surface area contributed by atoms with Crippen LogP contribution in [0.5, 0.6) is 5.75 Å². The van der Waals surface area contributed by atoms with Crippen LogP contribution >= 0.6 is 0 Å². The molecular formula is C8H10F3N3O. The van der Waals surface area contributed by atoms with Crippen molar-refractivity contribution in [1.82, 2.24) is 15.1 Å². The summed E-state index contributed by atoms with van der Waals surface area (Å²) >= 11 is 0. The average molecular weight is 221 g/mol. The first-order valence-corrected chi connectivity index (χ1v) is 4.45. The lowest BCUT2D eigenvalue weighted by atomic mass is 10.2. The highest BCUT2D eigenvalue weighted by molar-refractivity contribution is 5.27. The van der Waals surface area contributed by atoms with E-state index in [1.54, 1.807) is 0 Å². The topological polar surface area (TPSA) is 39.1 Å². The Morgan fingerprint density at radius 3 is 2.67 bits per heavy atom. The molecule has 1 N–H and O–H groups in total. The number of aryl methyl sites for hydroxylation is 1. The van der Waals surface area contributed by atoms with Crippen molar-refractivity contribution in [2.75, 3.05) is 13.1 Å². The van der Waals surface area contributed by atoms with E-state index >= 15 is 0 Å². The number of aromatic nitrogens is 2. The SMILES string of the molecule is Cn1cc(OC2CNC2)c(C(F)(F)F)n1. The number of alkyl halides is 3. The van der Waals surface area contributed by atoms with Crippen LogP contribution in [0, 0.1) is 0 Å². The van der Waals surface area contributed by atoms with E-state index in [4.69, 9.17) is 4.74 Å². The van der Waals surface area contributed by atoms with Crippen molar-refractivity contribution in [2.24, 2.45) is 7.05 Å². The predicted octanol–water partition coefficient (Wildman–Crippen LogP) is 0.789. The van der Waals surface area contributed by atoms with Gasteiger partial charge in [-0.2, -0.15) is 18.3 Å². The van der Waals surface area contributed by atoms with E-state index < -0.39 is 11.9 Å². The summed E-state index contributed by atoms with van der Waals surface area (Å²) in [5, 5.41) is 6.25. The molecule has 0 radical (unpaired) electrons. The zero-order valence-corrected chi connectivity index (χ0v) is 8.01. The molecule has 0 aliphatic carbocycles. The molecule has 0 aromatic carbocycles. The lowest BCUT2D eigenvalue weighted by Crippen LogP contribution is -2.50. The van der Waals surface area contributed by atoms with Gasteiger partial charge in [0.05, 0.1) is 6.20 Å². The van der Waals surface area contributed by atoms with E-state index in [2.05, 4.69) is 10.4 Å². The molecule has 0 saturated carbocycles. The van der Waals surface area contributed by atoms with Crippen LogP contribution < -0.4 is 10.1 Å². The minimum atomic E-state index is -4.46. The van der Waals surface area contributed by atoms with Gasteiger partial charge < -0.3 is 10.1 Å². The number of nitrogens with zero attached hydrogens (tertiary/aromatic N) is 2. The Kier molecular flexibility index (Phi) is 2.34. The van der Waals surface area contributed by atoms with E-state index in [0.29, 0.717) is 13.1 Å². The van der Waals surface area contributed by atoms with Crippen molar-refractivity contribution < 1.29 is 17.9 Å².